The molecule has 0 aromatic carbocycles. The number of hydrogen-bond acceptors (Lipinski definition) is 4. The molecular weight excluding hydrogens is 166 g/mol. The van der Waals surface area contributed by atoms with Crippen LogP contribution in [0.15, 0.2) is 12.5 Å². The molecule has 70 valence electrons. The van der Waals surface area contributed by atoms with E-state index in [0.29, 0.717) is 0 Å². The number of aromatic nitrogens is 2. The molecule has 1 aliphatic heterocycles. The predicted molar refractivity (Wildman–Crippen MR) is 49.4 cm³/mol. The number of aliphatic hydroxyl groups is 1. The molecule has 1 aromatic rings. The fraction of sp³-hybridized carbons (Fsp3) is 0.556. The molecule has 1 aliphatic rings. The van der Waals surface area contributed by atoms with E-state index in [1.165, 1.54) is 19.2 Å². The van der Waals surface area contributed by atoms with Gasteiger partial charge in [-0.25, -0.2) is 9.97 Å². The van der Waals surface area contributed by atoms with Gasteiger partial charge >= 0.3 is 0 Å². The Bertz CT molecular complexity index is 284. The molecule has 2 heterocycles. The van der Waals surface area contributed by atoms with Crippen molar-refractivity contribution in [2.75, 3.05) is 18.0 Å². The van der Waals surface area contributed by atoms with Crippen molar-refractivity contribution in [2.45, 2.75) is 19.4 Å². The van der Waals surface area contributed by atoms with Crippen LogP contribution in [0.1, 0.15) is 18.4 Å². The van der Waals surface area contributed by atoms with E-state index in [4.69, 9.17) is 5.11 Å². The first-order chi connectivity index (χ1) is 6.42. The van der Waals surface area contributed by atoms with Gasteiger partial charge in [-0.05, 0) is 12.8 Å². The molecule has 1 aromatic heterocycles. The lowest BCUT2D eigenvalue weighted by molar-refractivity contribution is 0.281. The first-order valence-electron chi connectivity index (χ1n) is 4.56. The molecule has 1 fully saturated rings. The van der Waals surface area contributed by atoms with Gasteiger partial charge < -0.3 is 10.0 Å². The molecule has 13 heavy (non-hydrogen) atoms. The molecule has 1 N–H and O–H groups in total. The summed E-state index contributed by atoms with van der Waals surface area (Å²) in [5, 5.41) is 9.07. The van der Waals surface area contributed by atoms with Gasteiger partial charge in [0.15, 0.2) is 0 Å². The van der Waals surface area contributed by atoms with Crippen molar-refractivity contribution < 1.29 is 5.11 Å². The SMILES string of the molecule is OCc1cncnc1N1CCCC1. The van der Waals surface area contributed by atoms with Crippen LogP contribution in [-0.2, 0) is 6.61 Å². The van der Waals surface area contributed by atoms with Gasteiger partial charge in [0.05, 0.1) is 6.61 Å². The van der Waals surface area contributed by atoms with Crippen molar-refractivity contribution in [2.24, 2.45) is 0 Å². The number of aliphatic hydroxyl groups excluding tert-OH is 1. The number of anilines is 1. The van der Waals surface area contributed by atoms with Gasteiger partial charge in [0, 0.05) is 24.8 Å². The second-order valence-corrected chi connectivity index (χ2v) is 3.22. The Hall–Kier alpha value is -1.16. The van der Waals surface area contributed by atoms with Crippen LogP contribution in [0.4, 0.5) is 5.82 Å². The third kappa shape index (κ3) is 1.62. The van der Waals surface area contributed by atoms with Crippen LogP contribution >= 0.6 is 0 Å². The van der Waals surface area contributed by atoms with E-state index < -0.39 is 0 Å². The van der Waals surface area contributed by atoms with Crippen molar-refractivity contribution in [3.63, 3.8) is 0 Å². The van der Waals surface area contributed by atoms with Crippen LogP contribution in [0.3, 0.4) is 0 Å². The molecule has 0 radical (unpaired) electrons. The van der Waals surface area contributed by atoms with Gasteiger partial charge in [0.1, 0.15) is 12.1 Å². The van der Waals surface area contributed by atoms with E-state index in [-0.39, 0.29) is 6.61 Å². The monoisotopic (exact) mass is 179 g/mol. The van der Waals surface area contributed by atoms with Crippen molar-refractivity contribution in [1.82, 2.24) is 9.97 Å². The topological polar surface area (TPSA) is 49.3 Å². The largest absolute Gasteiger partial charge is 0.391 e. The number of rotatable bonds is 2. The summed E-state index contributed by atoms with van der Waals surface area (Å²) in [7, 11) is 0. The zero-order chi connectivity index (χ0) is 9.10. The highest BCUT2D eigenvalue weighted by Crippen LogP contribution is 2.20. The van der Waals surface area contributed by atoms with Gasteiger partial charge in [-0.3, -0.25) is 0 Å². The lowest BCUT2D eigenvalue weighted by Gasteiger charge is -2.18. The van der Waals surface area contributed by atoms with Gasteiger partial charge in [-0.1, -0.05) is 0 Å². The average Bonchev–Trinajstić information content (AvgIpc) is 2.70. The highest BCUT2D eigenvalue weighted by atomic mass is 16.3. The number of hydrogen-bond donors (Lipinski definition) is 1. The highest BCUT2D eigenvalue weighted by Gasteiger charge is 2.16. The first-order valence-corrected chi connectivity index (χ1v) is 4.56. The Morgan fingerprint density at radius 1 is 1.38 bits per heavy atom. The Kier molecular flexibility index (Phi) is 2.40. The molecule has 1 saturated heterocycles. The molecule has 0 bridgehead atoms. The van der Waals surface area contributed by atoms with E-state index in [2.05, 4.69) is 14.9 Å². The van der Waals surface area contributed by atoms with Crippen LogP contribution < -0.4 is 4.90 Å². The van der Waals surface area contributed by atoms with Crippen LogP contribution in [0, 0.1) is 0 Å². The summed E-state index contributed by atoms with van der Waals surface area (Å²) >= 11 is 0. The quantitative estimate of drug-likeness (QED) is 0.721. The van der Waals surface area contributed by atoms with E-state index in [0.717, 1.165) is 24.5 Å². The standard InChI is InChI=1S/C9H13N3O/c13-6-8-5-10-7-11-9(8)12-3-1-2-4-12/h5,7,13H,1-4,6H2. The lowest BCUT2D eigenvalue weighted by Crippen LogP contribution is -2.20. The summed E-state index contributed by atoms with van der Waals surface area (Å²) < 4.78 is 0. The van der Waals surface area contributed by atoms with Crippen LogP contribution in [0.2, 0.25) is 0 Å². The van der Waals surface area contributed by atoms with E-state index in [1.54, 1.807) is 6.20 Å². The summed E-state index contributed by atoms with van der Waals surface area (Å²) in [6.07, 6.45) is 5.65. The molecule has 4 heteroatoms. The Balaban J connectivity index is 2.26. The first kappa shape index (κ1) is 8.44. The zero-order valence-corrected chi connectivity index (χ0v) is 7.48. The molecule has 2 rings (SSSR count). The molecule has 4 nitrogen and oxygen atoms in total. The molecule has 0 spiro atoms. The molecule has 0 atom stereocenters. The van der Waals surface area contributed by atoms with E-state index in [1.807, 2.05) is 0 Å². The van der Waals surface area contributed by atoms with Crippen LogP contribution in [0.5, 0.6) is 0 Å². The third-order valence-electron chi connectivity index (χ3n) is 2.34. The fourth-order valence-electron chi connectivity index (χ4n) is 1.68. The zero-order valence-electron chi connectivity index (χ0n) is 7.48. The molecule has 0 aliphatic carbocycles. The Morgan fingerprint density at radius 3 is 2.85 bits per heavy atom. The maximum absolute atomic E-state index is 9.07. The molecule has 0 unspecified atom stereocenters. The van der Waals surface area contributed by atoms with Gasteiger partial charge in [-0.15, -0.1) is 0 Å². The summed E-state index contributed by atoms with van der Waals surface area (Å²) in [6, 6.07) is 0. The summed E-state index contributed by atoms with van der Waals surface area (Å²) in [4.78, 5) is 10.3. The lowest BCUT2D eigenvalue weighted by atomic mass is 10.3. The van der Waals surface area contributed by atoms with Crippen LogP contribution in [-0.4, -0.2) is 28.2 Å². The van der Waals surface area contributed by atoms with Crippen molar-refractivity contribution in [1.29, 1.82) is 0 Å². The Morgan fingerprint density at radius 2 is 2.15 bits per heavy atom. The highest BCUT2D eigenvalue weighted by molar-refractivity contribution is 5.45. The van der Waals surface area contributed by atoms with Gasteiger partial charge in [0.2, 0.25) is 0 Å². The normalized spacial score (nSPS) is 16.5. The summed E-state index contributed by atoms with van der Waals surface area (Å²) in [6.45, 7) is 2.11. The van der Waals surface area contributed by atoms with E-state index >= 15 is 0 Å². The Labute approximate surface area is 77.2 Å². The van der Waals surface area contributed by atoms with Crippen molar-refractivity contribution in [3.8, 4) is 0 Å². The maximum Gasteiger partial charge on any atom is 0.137 e. The molecule has 0 amide bonds. The third-order valence-corrected chi connectivity index (χ3v) is 2.34. The minimum atomic E-state index is 0.0205. The summed E-state index contributed by atoms with van der Waals surface area (Å²) in [5.74, 6) is 0.898. The molecular formula is C9H13N3O. The van der Waals surface area contributed by atoms with Gasteiger partial charge in [-0.2, -0.15) is 0 Å². The fourth-order valence-corrected chi connectivity index (χ4v) is 1.68. The van der Waals surface area contributed by atoms with Gasteiger partial charge in [0.25, 0.3) is 0 Å². The minimum absolute atomic E-state index is 0.0205. The van der Waals surface area contributed by atoms with Crippen LogP contribution in [0.25, 0.3) is 0 Å². The second-order valence-electron chi connectivity index (χ2n) is 3.22. The smallest absolute Gasteiger partial charge is 0.137 e. The maximum atomic E-state index is 9.07. The van der Waals surface area contributed by atoms with E-state index in [9.17, 15) is 0 Å². The average molecular weight is 179 g/mol. The van der Waals surface area contributed by atoms with Crippen molar-refractivity contribution >= 4 is 5.82 Å². The molecule has 0 saturated carbocycles. The minimum Gasteiger partial charge on any atom is -0.391 e. The summed E-state index contributed by atoms with van der Waals surface area (Å²) in [5.41, 5.74) is 0.824. The number of nitrogens with zero attached hydrogens (tertiary/aromatic N) is 3. The predicted octanol–water partition coefficient (Wildman–Crippen LogP) is 0.569. The second kappa shape index (κ2) is 3.70. The van der Waals surface area contributed by atoms with Crippen molar-refractivity contribution in [3.05, 3.63) is 18.1 Å².